The predicted molar refractivity (Wildman–Crippen MR) is 95.4 cm³/mol. The van der Waals surface area contributed by atoms with Gasteiger partial charge in [-0.05, 0) is 54.4 Å². The Labute approximate surface area is 146 Å². The second-order valence-electron chi connectivity index (χ2n) is 5.33. The van der Waals surface area contributed by atoms with Gasteiger partial charge in [0, 0.05) is 24.0 Å². The van der Waals surface area contributed by atoms with Gasteiger partial charge in [-0.1, -0.05) is 35.9 Å². The van der Waals surface area contributed by atoms with Crippen LogP contribution in [0, 0.1) is 0 Å². The minimum Gasteiger partial charge on any atom is -0.424 e. The molecular weight excluding hydrogens is 322 g/mol. The lowest BCUT2D eigenvalue weighted by molar-refractivity contribution is 0.441. The third kappa shape index (κ3) is 5.05. The maximum atomic E-state index is 5.89. The molecule has 1 heterocycles. The Morgan fingerprint density at radius 2 is 1.71 bits per heavy atom. The van der Waals surface area contributed by atoms with Crippen molar-refractivity contribution < 1.29 is 4.74 Å². The molecule has 1 N–H and O–H groups in total. The van der Waals surface area contributed by atoms with Crippen LogP contribution in [-0.4, -0.2) is 16.5 Å². The van der Waals surface area contributed by atoms with Gasteiger partial charge in [0.25, 0.3) is 0 Å². The van der Waals surface area contributed by atoms with Gasteiger partial charge >= 0.3 is 6.01 Å². The van der Waals surface area contributed by atoms with Crippen molar-refractivity contribution in [1.82, 2.24) is 15.3 Å². The molecule has 2 aromatic carbocycles. The molecule has 24 heavy (non-hydrogen) atoms. The van der Waals surface area contributed by atoms with Crippen LogP contribution in [0.1, 0.15) is 11.1 Å². The second kappa shape index (κ2) is 8.43. The number of rotatable bonds is 7. The smallest absolute Gasteiger partial charge is 0.321 e. The van der Waals surface area contributed by atoms with Crippen molar-refractivity contribution in [3.05, 3.63) is 83.1 Å². The van der Waals surface area contributed by atoms with Crippen molar-refractivity contribution in [3.8, 4) is 11.8 Å². The van der Waals surface area contributed by atoms with E-state index in [1.807, 2.05) is 30.3 Å². The van der Waals surface area contributed by atoms with Crippen LogP contribution in [0.2, 0.25) is 5.02 Å². The molecule has 0 atom stereocenters. The van der Waals surface area contributed by atoms with E-state index in [0.717, 1.165) is 35.8 Å². The van der Waals surface area contributed by atoms with Crippen molar-refractivity contribution in [2.24, 2.45) is 0 Å². The molecule has 0 aliphatic heterocycles. The Kier molecular flexibility index (Phi) is 5.77. The van der Waals surface area contributed by atoms with Crippen LogP contribution in [0.25, 0.3) is 0 Å². The van der Waals surface area contributed by atoms with Gasteiger partial charge < -0.3 is 10.1 Å². The molecule has 0 fully saturated rings. The average molecular weight is 340 g/mol. The van der Waals surface area contributed by atoms with E-state index in [1.54, 1.807) is 18.5 Å². The number of halogens is 1. The molecule has 0 radical (unpaired) electrons. The lowest BCUT2D eigenvalue weighted by atomic mass is 10.1. The summed E-state index contributed by atoms with van der Waals surface area (Å²) in [7, 11) is 0. The van der Waals surface area contributed by atoms with Gasteiger partial charge in [0.1, 0.15) is 5.75 Å². The van der Waals surface area contributed by atoms with E-state index in [4.69, 9.17) is 16.3 Å². The molecule has 5 heteroatoms. The van der Waals surface area contributed by atoms with Crippen molar-refractivity contribution in [3.63, 3.8) is 0 Å². The van der Waals surface area contributed by atoms with Gasteiger partial charge in [-0.15, -0.1) is 0 Å². The SMILES string of the molecule is Clc1ccc(CCNCc2cccc(Oc3ncccn3)c2)cc1. The van der Waals surface area contributed by atoms with Crippen LogP contribution in [0.5, 0.6) is 11.8 Å². The van der Waals surface area contributed by atoms with E-state index >= 15 is 0 Å². The molecule has 3 aromatic rings. The summed E-state index contributed by atoms with van der Waals surface area (Å²) in [5.74, 6) is 0.734. The molecule has 0 unspecified atom stereocenters. The highest BCUT2D eigenvalue weighted by Crippen LogP contribution is 2.18. The van der Waals surface area contributed by atoms with Crippen LogP contribution in [0.15, 0.2) is 67.0 Å². The van der Waals surface area contributed by atoms with Crippen LogP contribution < -0.4 is 10.1 Å². The Hall–Kier alpha value is -2.43. The molecule has 0 aliphatic rings. The quantitative estimate of drug-likeness (QED) is 0.653. The Morgan fingerprint density at radius 1 is 0.917 bits per heavy atom. The third-order valence-corrected chi connectivity index (χ3v) is 3.73. The molecule has 1 aromatic heterocycles. The van der Waals surface area contributed by atoms with Crippen LogP contribution in [-0.2, 0) is 13.0 Å². The lowest BCUT2D eigenvalue weighted by Gasteiger charge is -2.08. The highest BCUT2D eigenvalue weighted by molar-refractivity contribution is 6.30. The summed E-state index contributed by atoms with van der Waals surface area (Å²) in [6.07, 6.45) is 4.28. The molecule has 0 saturated heterocycles. The third-order valence-electron chi connectivity index (χ3n) is 3.48. The normalized spacial score (nSPS) is 10.5. The van der Waals surface area contributed by atoms with Crippen molar-refractivity contribution in [1.29, 1.82) is 0 Å². The number of hydrogen-bond donors (Lipinski definition) is 1. The standard InChI is InChI=1S/C19H18ClN3O/c20-17-7-5-15(6-8-17)9-12-21-14-16-3-1-4-18(13-16)24-19-22-10-2-11-23-19/h1-8,10-11,13,21H,9,12,14H2. The number of nitrogens with one attached hydrogen (secondary N) is 1. The van der Waals surface area contributed by atoms with Crippen molar-refractivity contribution in [2.75, 3.05) is 6.54 Å². The number of benzene rings is 2. The van der Waals surface area contributed by atoms with Gasteiger partial charge in [0.2, 0.25) is 0 Å². The minimum absolute atomic E-state index is 0.352. The van der Waals surface area contributed by atoms with Crippen molar-refractivity contribution in [2.45, 2.75) is 13.0 Å². The molecule has 122 valence electrons. The zero-order valence-electron chi connectivity index (χ0n) is 13.2. The molecule has 3 rings (SSSR count). The van der Waals surface area contributed by atoms with Crippen molar-refractivity contribution >= 4 is 11.6 Å². The molecule has 0 aliphatic carbocycles. The van der Waals surface area contributed by atoms with Crippen LogP contribution in [0.3, 0.4) is 0 Å². The molecular formula is C19H18ClN3O. The van der Waals surface area contributed by atoms with E-state index in [2.05, 4.69) is 33.5 Å². The average Bonchev–Trinajstić information content (AvgIpc) is 2.61. The van der Waals surface area contributed by atoms with Gasteiger partial charge in [0.05, 0.1) is 0 Å². The monoisotopic (exact) mass is 339 g/mol. The predicted octanol–water partition coefficient (Wildman–Crippen LogP) is 4.25. The molecule has 0 amide bonds. The second-order valence-corrected chi connectivity index (χ2v) is 5.77. The van der Waals surface area contributed by atoms with E-state index < -0.39 is 0 Å². The summed E-state index contributed by atoms with van der Waals surface area (Å²) < 4.78 is 5.64. The summed E-state index contributed by atoms with van der Waals surface area (Å²) >= 11 is 5.89. The van der Waals surface area contributed by atoms with Gasteiger partial charge in [-0.3, -0.25) is 0 Å². The first kappa shape index (κ1) is 16.4. The maximum absolute atomic E-state index is 5.89. The van der Waals surface area contributed by atoms with Gasteiger partial charge in [-0.2, -0.15) is 0 Å². The lowest BCUT2D eigenvalue weighted by Crippen LogP contribution is -2.16. The van der Waals surface area contributed by atoms with Gasteiger partial charge in [-0.25, -0.2) is 9.97 Å². The fourth-order valence-corrected chi connectivity index (χ4v) is 2.40. The molecule has 0 spiro atoms. The molecule has 4 nitrogen and oxygen atoms in total. The van der Waals surface area contributed by atoms with E-state index in [0.29, 0.717) is 6.01 Å². The maximum Gasteiger partial charge on any atom is 0.321 e. The highest BCUT2D eigenvalue weighted by atomic mass is 35.5. The van der Waals surface area contributed by atoms with E-state index in [1.165, 1.54) is 5.56 Å². The Balaban J connectivity index is 1.48. The Morgan fingerprint density at radius 3 is 2.50 bits per heavy atom. The number of aromatic nitrogens is 2. The minimum atomic E-state index is 0.352. The first-order chi connectivity index (χ1) is 11.8. The number of ether oxygens (including phenoxy) is 1. The number of hydrogen-bond acceptors (Lipinski definition) is 4. The van der Waals surface area contributed by atoms with Crippen LogP contribution in [0.4, 0.5) is 0 Å². The Bertz CT molecular complexity index is 763. The summed E-state index contributed by atoms with van der Waals surface area (Å²) in [5, 5.41) is 4.21. The van der Waals surface area contributed by atoms with Crippen LogP contribution >= 0.6 is 11.6 Å². The zero-order chi connectivity index (χ0) is 16.6. The molecule has 0 bridgehead atoms. The first-order valence-electron chi connectivity index (χ1n) is 7.78. The molecule has 0 saturated carbocycles. The largest absolute Gasteiger partial charge is 0.424 e. The highest BCUT2D eigenvalue weighted by Gasteiger charge is 2.01. The topological polar surface area (TPSA) is 47.0 Å². The zero-order valence-corrected chi connectivity index (χ0v) is 13.9. The van der Waals surface area contributed by atoms with E-state index in [9.17, 15) is 0 Å². The fraction of sp³-hybridized carbons (Fsp3) is 0.158. The summed E-state index contributed by atoms with van der Waals surface area (Å²) in [5.41, 5.74) is 2.42. The summed E-state index contributed by atoms with van der Waals surface area (Å²) in [6, 6.07) is 18.0. The summed E-state index contributed by atoms with van der Waals surface area (Å²) in [4.78, 5) is 8.12. The van der Waals surface area contributed by atoms with E-state index in [-0.39, 0.29) is 0 Å². The summed E-state index contributed by atoms with van der Waals surface area (Å²) in [6.45, 7) is 1.68. The first-order valence-corrected chi connectivity index (χ1v) is 8.16. The fourth-order valence-electron chi connectivity index (χ4n) is 2.28. The van der Waals surface area contributed by atoms with Gasteiger partial charge in [0.15, 0.2) is 0 Å². The number of nitrogens with zero attached hydrogens (tertiary/aromatic N) is 2.